The van der Waals surface area contributed by atoms with Gasteiger partial charge in [-0.2, -0.15) is 0 Å². The summed E-state index contributed by atoms with van der Waals surface area (Å²) in [4.78, 5) is 0. The van der Waals surface area contributed by atoms with Gasteiger partial charge in [-0.05, 0) is 50.0 Å². The quantitative estimate of drug-likeness (QED) is 0.822. The van der Waals surface area contributed by atoms with Crippen molar-refractivity contribution in [3.63, 3.8) is 0 Å². The van der Waals surface area contributed by atoms with E-state index in [4.69, 9.17) is 11.6 Å². The molecule has 0 aromatic heterocycles. The molecule has 1 aliphatic heterocycles. The number of nitrogens with one attached hydrogen (secondary N) is 2. The van der Waals surface area contributed by atoms with Gasteiger partial charge < -0.3 is 10.6 Å². The molecule has 82 valence electrons. The molecular formula is C12H17ClN2. The van der Waals surface area contributed by atoms with Gasteiger partial charge >= 0.3 is 0 Å². The second-order valence-electron chi connectivity index (χ2n) is 4.08. The van der Waals surface area contributed by atoms with E-state index in [2.05, 4.69) is 16.7 Å². The SMILES string of the molecule is Clc1cccc(NCCC2CCNC2)c1. The molecule has 1 saturated heterocycles. The molecule has 2 N–H and O–H groups in total. The lowest BCUT2D eigenvalue weighted by Crippen LogP contribution is -2.12. The van der Waals surface area contributed by atoms with E-state index in [0.29, 0.717) is 0 Å². The standard InChI is InChI=1S/C12H17ClN2/c13-11-2-1-3-12(8-11)15-7-5-10-4-6-14-9-10/h1-3,8,10,14-15H,4-7,9H2. The van der Waals surface area contributed by atoms with Crippen molar-refractivity contribution in [2.45, 2.75) is 12.8 Å². The number of hydrogen-bond acceptors (Lipinski definition) is 2. The molecule has 0 radical (unpaired) electrons. The summed E-state index contributed by atoms with van der Waals surface area (Å²) >= 11 is 5.90. The van der Waals surface area contributed by atoms with Crippen molar-refractivity contribution < 1.29 is 0 Å². The summed E-state index contributed by atoms with van der Waals surface area (Å²) in [6.45, 7) is 3.39. The van der Waals surface area contributed by atoms with Gasteiger partial charge in [-0.25, -0.2) is 0 Å². The van der Waals surface area contributed by atoms with Crippen molar-refractivity contribution in [3.8, 4) is 0 Å². The molecule has 1 aromatic carbocycles. The molecular weight excluding hydrogens is 208 g/mol. The maximum absolute atomic E-state index is 5.90. The van der Waals surface area contributed by atoms with Crippen LogP contribution in [0.15, 0.2) is 24.3 Å². The van der Waals surface area contributed by atoms with Gasteiger partial charge in [0.25, 0.3) is 0 Å². The molecule has 3 heteroatoms. The summed E-state index contributed by atoms with van der Waals surface area (Å²) in [6, 6.07) is 7.89. The van der Waals surface area contributed by atoms with Gasteiger partial charge in [-0.3, -0.25) is 0 Å². The number of hydrogen-bond donors (Lipinski definition) is 2. The third-order valence-electron chi connectivity index (χ3n) is 2.87. The molecule has 1 aromatic rings. The van der Waals surface area contributed by atoms with Crippen molar-refractivity contribution in [2.24, 2.45) is 5.92 Å². The minimum atomic E-state index is 0.794. The molecule has 1 atom stereocenters. The van der Waals surface area contributed by atoms with Gasteiger partial charge in [0, 0.05) is 17.3 Å². The Balaban J connectivity index is 1.73. The second kappa shape index (κ2) is 5.38. The first-order valence-corrected chi connectivity index (χ1v) is 5.92. The van der Waals surface area contributed by atoms with Gasteiger partial charge in [0.15, 0.2) is 0 Å². The van der Waals surface area contributed by atoms with E-state index in [9.17, 15) is 0 Å². The summed E-state index contributed by atoms with van der Waals surface area (Å²) in [5.74, 6) is 0.844. The number of rotatable bonds is 4. The average molecular weight is 225 g/mol. The molecule has 0 saturated carbocycles. The van der Waals surface area contributed by atoms with Crippen LogP contribution in [-0.2, 0) is 0 Å². The summed E-state index contributed by atoms with van der Waals surface area (Å²) in [5, 5.41) is 7.58. The van der Waals surface area contributed by atoms with Crippen LogP contribution >= 0.6 is 11.6 Å². The van der Waals surface area contributed by atoms with E-state index >= 15 is 0 Å². The monoisotopic (exact) mass is 224 g/mol. The zero-order chi connectivity index (χ0) is 10.5. The van der Waals surface area contributed by atoms with Gasteiger partial charge in [-0.15, -0.1) is 0 Å². The lowest BCUT2D eigenvalue weighted by atomic mass is 10.1. The predicted molar refractivity (Wildman–Crippen MR) is 65.5 cm³/mol. The first-order chi connectivity index (χ1) is 7.34. The van der Waals surface area contributed by atoms with Crippen LogP contribution in [0.5, 0.6) is 0 Å². The Kier molecular flexibility index (Phi) is 3.87. The first kappa shape index (κ1) is 10.8. The zero-order valence-corrected chi connectivity index (χ0v) is 9.56. The van der Waals surface area contributed by atoms with E-state index in [1.807, 2.05) is 18.2 Å². The van der Waals surface area contributed by atoms with Crippen LogP contribution in [0.1, 0.15) is 12.8 Å². The summed E-state index contributed by atoms with van der Waals surface area (Å²) in [5.41, 5.74) is 1.12. The lowest BCUT2D eigenvalue weighted by molar-refractivity contribution is 0.549. The Hall–Kier alpha value is -0.730. The van der Waals surface area contributed by atoms with Crippen molar-refractivity contribution in [2.75, 3.05) is 25.0 Å². The minimum Gasteiger partial charge on any atom is -0.385 e. The Morgan fingerprint density at radius 3 is 3.13 bits per heavy atom. The summed E-state index contributed by atoms with van der Waals surface area (Å²) < 4.78 is 0. The maximum atomic E-state index is 5.90. The smallest absolute Gasteiger partial charge is 0.0426 e. The van der Waals surface area contributed by atoms with Crippen LogP contribution < -0.4 is 10.6 Å². The van der Waals surface area contributed by atoms with Crippen LogP contribution in [0, 0.1) is 5.92 Å². The van der Waals surface area contributed by atoms with Gasteiger partial charge in [0.05, 0.1) is 0 Å². The maximum Gasteiger partial charge on any atom is 0.0426 e. The normalized spacial score (nSPS) is 20.5. The summed E-state index contributed by atoms with van der Waals surface area (Å²) in [7, 11) is 0. The Bertz CT molecular complexity index is 308. The zero-order valence-electron chi connectivity index (χ0n) is 8.80. The van der Waals surface area contributed by atoms with E-state index in [-0.39, 0.29) is 0 Å². The van der Waals surface area contributed by atoms with Crippen LogP contribution in [0.25, 0.3) is 0 Å². The highest BCUT2D eigenvalue weighted by atomic mass is 35.5. The summed E-state index contributed by atoms with van der Waals surface area (Å²) in [6.07, 6.45) is 2.55. The van der Waals surface area contributed by atoms with E-state index in [0.717, 1.165) is 23.2 Å². The third kappa shape index (κ3) is 3.40. The van der Waals surface area contributed by atoms with E-state index in [1.165, 1.54) is 25.9 Å². The molecule has 1 aliphatic rings. The van der Waals surface area contributed by atoms with Crippen LogP contribution in [0.4, 0.5) is 5.69 Å². The molecule has 2 rings (SSSR count). The number of halogens is 1. The molecule has 2 nitrogen and oxygen atoms in total. The Morgan fingerprint density at radius 2 is 2.40 bits per heavy atom. The Morgan fingerprint density at radius 1 is 1.47 bits per heavy atom. The van der Waals surface area contributed by atoms with E-state index < -0.39 is 0 Å². The number of anilines is 1. The highest BCUT2D eigenvalue weighted by molar-refractivity contribution is 6.30. The van der Waals surface area contributed by atoms with Crippen LogP contribution in [0.3, 0.4) is 0 Å². The van der Waals surface area contributed by atoms with Gasteiger partial charge in [-0.1, -0.05) is 17.7 Å². The van der Waals surface area contributed by atoms with Crippen molar-refractivity contribution in [3.05, 3.63) is 29.3 Å². The second-order valence-corrected chi connectivity index (χ2v) is 4.52. The molecule has 0 spiro atoms. The van der Waals surface area contributed by atoms with E-state index in [1.54, 1.807) is 0 Å². The molecule has 0 bridgehead atoms. The molecule has 0 amide bonds. The van der Waals surface area contributed by atoms with Gasteiger partial charge in [0.2, 0.25) is 0 Å². The molecule has 1 fully saturated rings. The highest BCUT2D eigenvalue weighted by Gasteiger charge is 2.13. The highest BCUT2D eigenvalue weighted by Crippen LogP contribution is 2.16. The van der Waals surface area contributed by atoms with Crippen LogP contribution in [-0.4, -0.2) is 19.6 Å². The van der Waals surface area contributed by atoms with Crippen molar-refractivity contribution >= 4 is 17.3 Å². The average Bonchev–Trinajstić information content (AvgIpc) is 2.71. The fourth-order valence-electron chi connectivity index (χ4n) is 1.98. The topological polar surface area (TPSA) is 24.1 Å². The van der Waals surface area contributed by atoms with Crippen LogP contribution in [0.2, 0.25) is 5.02 Å². The lowest BCUT2D eigenvalue weighted by Gasteiger charge is -2.10. The number of benzene rings is 1. The molecule has 15 heavy (non-hydrogen) atoms. The predicted octanol–water partition coefficient (Wildman–Crippen LogP) is 2.75. The van der Waals surface area contributed by atoms with Crippen molar-refractivity contribution in [1.82, 2.24) is 5.32 Å². The van der Waals surface area contributed by atoms with Gasteiger partial charge in [0.1, 0.15) is 0 Å². The molecule has 1 heterocycles. The fraction of sp³-hybridized carbons (Fsp3) is 0.500. The minimum absolute atomic E-state index is 0.794. The van der Waals surface area contributed by atoms with Crippen molar-refractivity contribution in [1.29, 1.82) is 0 Å². The molecule has 0 aliphatic carbocycles. The largest absolute Gasteiger partial charge is 0.385 e. The molecule has 1 unspecified atom stereocenters. The fourth-order valence-corrected chi connectivity index (χ4v) is 2.17. The Labute approximate surface area is 96.0 Å². The first-order valence-electron chi connectivity index (χ1n) is 5.55. The third-order valence-corrected chi connectivity index (χ3v) is 3.10.